The van der Waals surface area contributed by atoms with Gasteiger partial charge in [-0.3, -0.25) is 4.79 Å². The van der Waals surface area contributed by atoms with Crippen molar-refractivity contribution in [2.24, 2.45) is 0 Å². The fraction of sp³-hybridized carbons (Fsp3) is 0.167. The number of amides is 1. The van der Waals surface area contributed by atoms with E-state index in [2.05, 4.69) is 0 Å². The second-order valence-electron chi connectivity index (χ2n) is 6.97. The number of ether oxygens (including phenoxy) is 1. The number of nitrogens with zero attached hydrogens (tertiary/aromatic N) is 1. The molecule has 4 nitrogen and oxygen atoms in total. The molecule has 1 aliphatic heterocycles. The summed E-state index contributed by atoms with van der Waals surface area (Å²) in [6.45, 7) is 1.74. The van der Waals surface area contributed by atoms with Crippen LogP contribution in [0.15, 0.2) is 78.9 Å². The molecule has 3 aromatic rings. The standard InChI is InChI=1S/C24H21NO3/c1-17-15-21-9-5-6-10-22(21)25(17)23(26)16-28-24(27)20-13-11-19(12-14-20)18-7-3-2-4-8-18/h2-14,17H,15-16H2,1H3/t17-/m0/s1. The molecule has 0 spiro atoms. The lowest BCUT2D eigenvalue weighted by molar-refractivity contribution is -0.122. The van der Waals surface area contributed by atoms with Crippen LogP contribution in [0.4, 0.5) is 5.69 Å². The number of carbonyl (C=O) groups excluding carboxylic acids is 2. The smallest absolute Gasteiger partial charge is 0.338 e. The largest absolute Gasteiger partial charge is 0.452 e. The SMILES string of the molecule is C[C@H]1Cc2ccccc2N1C(=O)COC(=O)c1ccc(-c2ccccc2)cc1. The van der Waals surface area contributed by atoms with Gasteiger partial charge in [0.25, 0.3) is 5.91 Å². The molecule has 4 heteroatoms. The van der Waals surface area contributed by atoms with Crippen molar-refractivity contribution in [1.82, 2.24) is 0 Å². The van der Waals surface area contributed by atoms with Crippen LogP contribution in [0.1, 0.15) is 22.8 Å². The van der Waals surface area contributed by atoms with Crippen molar-refractivity contribution in [3.8, 4) is 11.1 Å². The van der Waals surface area contributed by atoms with Crippen molar-refractivity contribution in [1.29, 1.82) is 0 Å². The Balaban J connectivity index is 1.40. The second-order valence-corrected chi connectivity index (χ2v) is 6.97. The minimum absolute atomic E-state index is 0.0637. The maximum absolute atomic E-state index is 12.6. The Morgan fingerprint density at radius 1 is 0.893 bits per heavy atom. The lowest BCUT2D eigenvalue weighted by Gasteiger charge is -2.22. The summed E-state index contributed by atoms with van der Waals surface area (Å²) in [5, 5.41) is 0. The van der Waals surface area contributed by atoms with Gasteiger partial charge < -0.3 is 9.64 Å². The minimum Gasteiger partial charge on any atom is -0.452 e. The van der Waals surface area contributed by atoms with E-state index >= 15 is 0 Å². The molecule has 0 aromatic heterocycles. The molecule has 0 fully saturated rings. The summed E-state index contributed by atoms with van der Waals surface area (Å²) in [6.07, 6.45) is 0.816. The maximum Gasteiger partial charge on any atom is 0.338 e. The molecule has 0 saturated carbocycles. The molecule has 3 aromatic carbocycles. The van der Waals surface area contributed by atoms with Gasteiger partial charge in [0, 0.05) is 11.7 Å². The zero-order valence-electron chi connectivity index (χ0n) is 15.7. The van der Waals surface area contributed by atoms with Crippen molar-refractivity contribution in [2.75, 3.05) is 11.5 Å². The van der Waals surface area contributed by atoms with Crippen LogP contribution >= 0.6 is 0 Å². The Morgan fingerprint density at radius 3 is 2.29 bits per heavy atom. The highest BCUT2D eigenvalue weighted by atomic mass is 16.5. The zero-order valence-corrected chi connectivity index (χ0v) is 15.7. The van der Waals surface area contributed by atoms with E-state index in [1.165, 1.54) is 0 Å². The first-order valence-corrected chi connectivity index (χ1v) is 9.36. The van der Waals surface area contributed by atoms with Gasteiger partial charge in [-0.1, -0.05) is 60.7 Å². The number of esters is 1. The number of para-hydroxylation sites is 1. The number of fused-ring (bicyclic) bond motifs is 1. The molecule has 0 saturated heterocycles. The third kappa shape index (κ3) is 3.54. The molecule has 140 valence electrons. The van der Waals surface area contributed by atoms with E-state index in [1.807, 2.05) is 73.7 Å². The van der Waals surface area contributed by atoms with Gasteiger partial charge in [0.2, 0.25) is 0 Å². The van der Waals surface area contributed by atoms with Crippen LogP contribution in [0.2, 0.25) is 0 Å². The van der Waals surface area contributed by atoms with Crippen LogP contribution in [-0.2, 0) is 16.0 Å². The summed E-state index contributed by atoms with van der Waals surface area (Å²) in [7, 11) is 0. The van der Waals surface area contributed by atoms with Gasteiger partial charge in [0.1, 0.15) is 0 Å². The number of anilines is 1. The first-order chi connectivity index (χ1) is 13.6. The van der Waals surface area contributed by atoms with E-state index in [0.717, 1.165) is 28.8 Å². The van der Waals surface area contributed by atoms with Crippen molar-refractivity contribution in [3.63, 3.8) is 0 Å². The van der Waals surface area contributed by atoms with Crippen LogP contribution < -0.4 is 4.90 Å². The van der Waals surface area contributed by atoms with Gasteiger partial charge in [-0.2, -0.15) is 0 Å². The molecule has 28 heavy (non-hydrogen) atoms. The van der Waals surface area contributed by atoms with Crippen LogP contribution in [0.3, 0.4) is 0 Å². The minimum atomic E-state index is -0.493. The molecule has 0 N–H and O–H groups in total. The van der Waals surface area contributed by atoms with Gasteiger partial charge in [0.05, 0.1) is 5.56 Å². The Hall–Kier alpha value is -3.40. The molecular weight excluding hydrogens is 350 g/mol. The topological polar surface area (TPSA) is 46.6 Å². The highest BCUT2D eigenvalue weighted by molar-refractivity contribution is 5.99. The number of rotatable bonds is 4. The Bertz CT molecular complexity index is 996. The molecule has 0 radical (unpaired) electrons. The van der Waals surface area contributed by atoms with E-state index in [9.17, 15) is 9.59 Å². The number of hydrogen-bond acceptors (Lipinski definition) is 3. The van der Waals surface area contributed by atoms with E-state index in [-0.39, 0.29) is 18.6 Å². The fourth-order valence-corrected chi connectivity index (χ4v) is 3.66. The monoisotopic (exact) mass is 371 g/mol. The lowest BCUT2D eigenvalue weighted by atomic mass is 10.0. The summed E-state index contributed by atoms with van der Waals surface area (Å²) in [4.78, 5) is 26.7. The average molecular weight is 371 g/mol. The van der Waals surface area contributed by atoms with Crippen molar-refractivity contribution < 1.29 is 14.3 Å². The van der Waals surface area contributed by atoms with Crippen LogP contribution in [0, 0.1) is 0 Å². The first kappa shape index (κ1) is 18.0. The maximum atomic E-state index is 12.6. The molecule has 4 rings (SSSR count). The highest BCUT2D eigenvalue weighted by Gasteiger charge is 2.31. The summed E-state index contributed by atoms with van der Waals surface area (Å²) in [5.74, 6) is -0.695. The summed E-state index contributed by atoms with van der Waals surface area (Å²) in [5.41, 5.74) is 4.59. The normalized spacial score (nSPS) is 15.2. The lowest BCUT2D eigenvalue weighted by Crippen LogP contribution is -2.38. The summed E-state index contributed by atoms with van der Waals surface area (Å²) in [6, 6.07) is 25.1. The number of hydrogen-bond donors (Lipinski definition) is 0. The second kappa shape index (κ2) is 7.69. The summed E-state index contributed by atoms with van der Waals surface area (Å²) >= 11 is 0. The average Bonchev–Trinajstić information content (AvgIpc) is 3.08. The first-order valence-electron chi connectivity index (χ1n) is 9.36. The highest BCUT2D eigenvalue weighted by Crippen LogP contribution is 2.31. The van der Waals surface area contributed by atoms with E-state index in [0.29, 0.717) is 5.56 Å². The molecule has 0 bridgehead atoms. The van der Waals surface area contributed by atoms with Gasteiger partial charge in [-0.05, 0) is 48.2 Å². The molecule has 1 aliphatic rings. The van der Waals surface area contributed by atoms with Gasteiger partial charge in [0.15, 0.2) is 6.61 Å². The van der Waals surface area contributed by atoms with Crippen molar-refractivity contribution in [3.05, 3.63) is 90.0 Å². The molecule has 1 atom stereocenters. The van der Waals surface area contributed by atoms with E-state index in [4.69, 9.17) is 4.74 Å². The van der Waals surface area contributed by atoms with Gasteiger partial charge >= 0.3 is 5.97 Å². The number of carbonyl (C=O) groups is 2. The van der Waals surface area contributed by atoms with Crippen LogP contribution in [-0.4, -0.2) is 24.5 Å². The quantitative estimate of drug-likeness (QED) is 0.635. The van der Waals surface area contributed by atoms with E-state index in [1.54, 1.807) is 17.0 Å². The van der Waals surface area contributed by atoms with Crippen LogP contribution in [0.25, 0.3) is 11.1 Å². The predicted molar refractivity (Wildman–Crippen MR) is 109 cm³/mol. The van der Waals surface area contributed by atoms with Gasteiger partial charge in [-0.25, -0.2) is 4.79 Å². The molecule has 1 amide bonds. The van der Waals surface area contributed by atoms with E-state index < -0.39 is 5.97 Å². The molecule has 0 aliphatic carbocycles. The predicted octanol–water partition coefficient (Wildman–Crippen LogP) is 4.49. The van der Waals surface area contributed by atoms with Crippen molar-refractivity contribution >= 4 is 17.6 Å². The molecule has 1 heterocycles. The third-order valence-electron chi connectivity index (χ3n) is 5.03. The Morgan fingerprint density at radius 2 is 1.54 bits per heavy atom. The van der Waals surface area contributed by atoms with Crippen LogP contribution in [0.5, 0.6) is 0 Å². The summed E-state index contributed by atoms with van der Waals surface area (Å²) < 4.78 is 5.28. The Labute approximate surface area is 164 Å². The number of benzene rings is 3. The van der Waals surface area contributed by atoms with Crippen molar-refractivity contribution in [2.45, 2.75) is 19.4 Å². The third-order valence-corrected chi connectivity index (χ3v) is 5.03. The zero-order chi connectivity index (χ0) is 19.5. The molecular formula is C24H21NO3. The fourth-order valence-electron chi connectivity index (χ4n) is 3.66. The van der Waals surface area contributed by atoms with Gasteiger partial charge in [-0.15, -0.1) is 0 Å². The Kier molecular flexibility index (Phi) is 4.94. The molecule has 0 unspecified atom stereocenters.